The normalized spacial score (nSPS) is 10.2. The summed E-state index contributed by atoms with van der Waals surface area (Å²) >= 11 is 10.8. The molecule has 0 unspecified atom stereocenters. The molecule has 0 radical (unpaired) electrons. The summed E-state index contributed by atoms with van der Waals surface area (Å²) in [6, 6.07) is 5.70. The molecule has 0 bridgehead atoms. The van der Waals surface area contributed by atoms with Crippen molar-refractivity contribution in [2.24, 2.45) is 0 Å². The number of thioether (sulfide) groups is 1. The molecule has 14 heavy (non-hydrogen) atoms. The maximum Gasteiger partial charge on any atom is 0.147 e. The second-order valence-corrected chi connectivity index (χ2v) is 4.59. The van der Waals surface area contributed by atoms with Crippen LogP contribution in [-0.2, 0) is 11.2 Å². The third-order valence-corrected chi connectivity index (χ3v) is 3.62. The Labute approximate surface area is 101 Å². The molecule has 1 aromatic rings. The molecule has 1 rings (SSSR count). The predicted molar refractivity (Wildman–Crippen MR) is 65.7 cm³/mol. The number of alkyl halides is 1. The van der Waals surface area contributed by atoms with Gasteiger partial charge >= 0.3 is 0 Å². The van der Waals surface area contributed by atoms with E-state index in [1.54, 1.807) is 11.8 Å². The first-order chi connectivity index (χ1) is 6.69. The zero-order chi connectivity index (χ0) is 10.6. The van der Waals surface area contributed by atoms with Crippen LogP contribution in [0.5, 0.6) is 0 Å². The maximum absolute atomic E-state index is 11.3. The molecule has 0 fully saturated rings. The monoisotopic (exact) mass is 292 g/mol. The van der Waals surface area contributed by atoms with E-state index in [1.807, 2.05) is 24.5 Å². The molecular formula is C10H10BrClOS. The molecule has 0 atom stereocenters. The lowest BCUT2D eigenvalue weighted by Crippen LogP contribution is -2.05. The first-order valence-corrected chi connectivity index (χ1v) is 6.80. The highest BCUT2D eigenvalue weighted by atomic mass is 79.9. The van der Waals surface area contributed by atoms with Crippen molar-refractivity contribution in [1.82, 2.24) is 0 Å². The van der Waals surface area contributed by atoms with E-state index in [9.17, 15) is 4.79 Å². The molecule has 0 N–H and O–H groups in total. The van der Waals surface area contributed by atoms with Gasteiger partial charge in [0.25, 0.3) is 0 Å². The van der Waals surface area contributed by atoms with E-state index in [0.29, 0.717) is 16.8 Å². The van der Waals surface area contributed by atoms with Crippen molar-refractivity contribution in [1.29, 1.82) is 0 Å². The van der Waals surface area contributed by atoms with Crippen molar-refractivity contribution in [3.63, 3.8) is 0 Å². The Morgan fingerprint density at radius 2 is 2.29 bits per heavy atom. The highest BCUT2D eigenvalue weighted by Gasteiger charge is 2.09. The van der Waals surface area contributed by atoms with Crippen molar-refractivity contribution in [2.75, 3.05) is 11.6 Å². The van der Waals surface area contributed by atoms with Crippen molar-refractivity contribution < 1.29 is 4.79 Å². The van der Waals surface area contributed by atoms with Crippen LogP contribution < -0.4 is 0 Å². The van der Waals surface area contributed by atoms with Crippen LogP contribution in [0.4, 0.5) is 0 Å². The van der Waals surface area contributed by atoms with Gasteiger partial charge in [0.2, 0.25) is 0 Å². The van der Waals surface area contributed by atoms with Crippen LogP contribution in [0.2, 0.25) is 5.02 Å². The van der Waals surface area contributed by atoms with Crippen LogP contribution in [-0.4, -0.2) is 17.4 Å². The van der Waals surface area contributed by atoms with Gasteiger partial charge < -0.3 is 0 Å². The van der Waals surface area contributed by atoms with Crippen LogP contribution in [0, 0.1) is 0 Å². The summed E-state index contributed by atoms with van der Waals surface area (Å²) in [4.78, 5) is 12.4. The first-order valence-electron chi connectivity index (χ1n) is 4.08. The van der Waals surface area contributed by atoms with E-state index in [4.69, 9.17) is 11.6 Å². The zero-order valence-corrected chi connectivity index (χ0v) is 10.9. The summed E-state index contributed by atoms with van der Waals surface area (Å²) in [7, 11) is 0. The number of halogens is 2. The summed E-state index contributed by atoms with van der Waals surface area (Å²) in [6.45, 7) is 0. The van der Waals surface area contributed by atoms with E-state index in [1.165, 1.54) is 0 Å². The number of hydrogen-bond donors (Lipinski definition) is 0. The van der Waals surface area contributed by atoms with E-state index in [2.05, 4.69) is 15.9 Å². The second-order valence-electron chi connectivity index (χ2n) is 2.77. The molecule has 0 aromatic heterocycles. The molecule has 1 nitrogen and oxygen atoms in total. The molecule has 0 aliphatic heterocycles. The zero-order valence-electron chi connectivity index (χ0n) is 7.72. The van der Waals surface area contributed by atoms with Gasteiger partial charge in [-0.3, -0.25) is 4.79 Å². The lowest BCUT2D eigenvalue weighted by atomic mass is 10.1. The molecule has 0 aliphatic carbocycles. The molecule has 76 valence electrons. The Balaban J connectivity index is 2.98. The fourth-order valence-electron chi connectivity index (χ4n) is 1.15. The molecule has 0 heterocycles. The lowest BCUT2D eigenvalue weighted by molar-refractivity contribution is -0.115. The second kappa shape index (κ2) is 5.79. The summed E-state index contributed by atoms with van der Waals surface area (Å²) < 4.78 is 0. The van der Waals surface area contributed by atoms with Crippen molar-refractivity contribution in [3.8, 4) is 0 Å². The van der Waals surface area contributed by atoms with Gasteiger partial charge in [0, 0.05) is 16.3 Å². The summed E-state index contributed by atoms with van der Waals surface area (Å²) in [5.41, 5.74) is 0.936. The van der Waals surface area contributed by atoms with Gasteiger partial charge in [-0.05, 0) is 24.0 Å². The third kappa shape index (κ3) is 3.01. The van der Waals surface area contributed by atoms with Gasteiger partial charge in [-0.1, -0.05) is 33.6 Å². The molecule has 0 saturated heterocycles. The predicted octanol–water partition coefficient (Wildman–Crippen LogP) is 3.57. The molecule has 1 aromatic carbocycles. The molecule has 0 aliphatic rings. The summed E-state index contributed by atoms with van der Waals surface area (Å²) in [6.07, 6.45) is 2.38. The van der Waals surface area contributed by atoms with Gasteiger partial charge in [-0.15, -0.1) is 11.8 Å². The third-order valence-electron chi connectivity index (χ3n) is 1.82. The maximum atomic E-state index is 11.3. The number of carbonyl (C=O) groups is 1. The first kappa shape index (κ1) is 12.1. The summed E-state index contributed by atoms with van der Waals surface area (Å²) in [5.74, 6) is 0.147. The van der Waals surface area contributed by atoms with Gasteiger partial charge in [0.15, 0.2) is 0 Å². The van der Waals surface area contributed by atoms with Crippen LogP contribution >= 0.6 is 39.3 Å². The van der Waals surface area contributed by atoms with Crippen molar-refractivity contribution in [3.05, 3.63) is 28.8 Å². The van der Waals surface area contributed by atoms with Crippen LogP contribution in [0.1, 0.15) is 5.56 Å². The fourth-order valence-corrected chi connectivity index (χ4v) is 2.28. The summed E-state index contributed by atoms with van der Waals surface area (Å²) in [5, 5.41) is 1.05. The largest absolute Gasteiger partial charge is 0.298 e. The van der Waals surface area contributed by atoms with Gasteiger partial charge in [0.05, 0.1) is 5.33 Å². The number of rotatable bonds is 4. The Hall–Kier alpha value is 0.01000. The van der Waals surface area contributed by atoms with Gasteiger partial charge in [-0.25, -0.2) is 0 Å². The van der Waals surface area contributed by atoms with Crippen molar-refractivity contribution >= 4 is 45.1 Å². The van der Waals surface area contributed by atoms with E-state index in [0.717, 1.165) is 10.5 Å². The van der Waals surface area contributed by atoms with E-state index in [-0.39, 0.29) is 5.78 Å². The minimum absolute atomic E-state index is 0.147. The number of carbonyl (C=O) groups excluding carboxylic acids is 1. The topological polar surface area (TPSA) is 17.1 Å². The molecule has 0 spiro atoms. The smallest absolute Gasteiger partial charge is 0.147 e. The SMILES string of the molecule is CSc1cccc(Cl)c1CC(=O)CBr. The Bertz CT molecular complexity index is 341. The molecular weight excluding hydrogens is 284 g/mol. The number of Topliss-reactive ketones (excluding diaryl/α,β-unsaturated/α-hetero) is 1. The minimum atomic E-state index is 0.147. The Kier molecular flexibility index (Phi) is 4.99. The van der Waals surface area contributed by atoms with E-state index >= 15 is 0 Å². The van der Waals surface area contributed by atoms with Gasteiger partial charge in [-0.2, -0.15) is 0 Å². The molecule has 0 amide bonds. The average Bonchev–Trinajstić information content (AvgIpc) is 2.20. The standard InChI is InChI=1S/C10H10BrClOS/c1-14-10-4-2-3-9(12)8(10)5-7(13)6-11/h2-4H,5-6H2,1H3. The fraction of sp³-hybridized carbons (Fsp3) is 0.300. The lowest BCUT2D eigenvalue weighted by Gasteiger charge is -2.07. The van der Waals surface area contributed by atoms with Gasteiger partial charge in [0.1, 0.15) is 5.78 Å². The highest BCUT2D eigenvalue weighted by Crippen LogP contribution is 2.27. The van der Waals surface area contributed by atoms with Crippen LogP contribution in [0.25, 0.3) is 0 Å². The quantitative estimate of drug-likeness (QED) is 0.623. The molecule has 0 saturated carbocycles. The molecule has 4 heteroatoms. The average molecular weight is 294 g/mol. The Morgan fingerprint density at radius 1 is 1.57 bits per heavy atom. The number of benzene rings is 1. The van der Waals surface area contributed by atoms with Crippen LogP contribution in [0.3, 0.4) is 0 Å². The Morgan fingerprint density at radius 3 is 2.86 bits per heavy atom. The minimum Gasteiger partial charge on any atom is -0.298 e. The van der Waals surface area contributed by atoms with Crippen LogP contribution in [0.15, 0.2) is 23.1 Å². The van der Waals surface area contributed by atoms with E-state index < -0.39 is 0 Å². The highest BCUT2D eigenvalue weighted by molar-refractivity contribution is 9.09. The van der Waals surface area contributed by atoms with Crippen molar-refractivity contribution in [2.45, 2.75) is 11.3 Å². The number of hydrogen-bond acceptors (Lipinski definition) is 2. The number of ketones is 1.